The monoisotopic (exact) mass is 477 g/mol. The summed E-state index contributed by atoms with van der Waals surface area (Å²) in [5.74, 6) is 0.809. The number of carbonyl (C=O) groups is 1. The number of ether oxygens (including phenoxy) is 1. The van der Waals surface area contributed by atoms with Gasteiger partial charge < -0.3 is 19.8 Å². The second kappa shape index (κ2) is 8.42. The SMILES string of the molecule is COc1ccc2c(c1)N(C)C(=C1SC(=Nc3ccc(O)cc3)N(c3ccc(O)cc3)C1=O)S2. The summed E-state index contributed by atoms with van der Waals surface area (Å²) >= 11 is 2.82. The number of hydrogen-bond donors (Lipinski definition) is 2. The molecule has 7 nitrogen and oxygen atoms in total. The summed E-state index contributed by atoms with van der Waals surface area (Å²) in [6, 6.07) is 18.7. The number of methoxy groups -OCH3 is 1. The van der Waals surface area contributed by atoms with Crippen molar-refractivity contribution in [1.82, 2.24) is 0 Å². The van der Waals surface area contributed by atoms with Crippen LogP contribution in [0.4, 0.5) is 17.1 Å². The van der Waals surface area contributed by atoms with Gasteiger partial charge in [0.15, 0.2) is 5.17 Å². The van der Waals surface area contributed by atoms with Crippen molar-refractivity contribution in [3.05, 3.63) is 76.7 Å². The average molecular weight is 478 g/mol. The van der Waals surface area contributed by atoms with E-state index in [4.69, 9.17) is 4.74 Å². The maximum Gasteiger partial charge on any atom is 0.274 e. The molecular weight excluding hydrogens is 458 g/mol. The maximum atomic E-state index is 13.7. The molecule has 0 spiro atoms. The molecule has 2 heterocycles. The number of anilines is 2. The second-order valence-corrected chi connectivity index (χ2v) is 9.31. The molecule has 3 aromatic rings. The van der Waals surface area contributed by atoms with Gasteiger partial charge in [0.1, 0.15) is 22.2 Å². The molecule has 166 valence electrons. The number of aliphatic imine (C=N–C) groups is 1. The zero-order chi connectivity index (χ0) is 23.1. The summed E-state index contributed by atoms with van der Waals surface area (Å²) in [5.41, 5.74) is 2.18. The summed E-state index contributed by atoms with van der Waals surface area (Å²) in [6.07, 6.45) is 0. The molecule has 9 heteroatoms. The molecule has 5 rings (SSSR count). The van der Waals surface area contributed by atoms with Crippen LogP contribution in [0, 0.1) is 0 Å². The third-order valence-electron chi connectivity index (χ3n) is 5.20. The number of amides is 1. The molecule has 1 saturated heterocycles. The van der Waals surface area contributed by atoms with Crippen LogP contribution >= 0.6 is 23.5 Å². The van der Waals surface area contributed by atoms with Crippen molar-refractivity contribution in [1.29, 1.82) is 0 Å². The molecule has 2 N–H and O–H groups in total. The first-order valence-corrected chi connectivity index (χ1v) is 11.6. The number of nitrogens with zero attached hydrogens (tertiary/aromatic N) is 3. The largest absolute Gasteiger partial charge is 0.508 e. The smallest absolute Gasteiger partial charge is 0.274 e. The molecular formula is C24H19N3O4S2. The summed E-state index contributed by atoms with van der Waals surface area (Å²) in [5, 5.41) is 20.6. The Morgan fingerprint density at radius 2 is 1.58 bits per heavy atom. The molecule has 0 atom stereocenters. The Bertz CT molecular complexity index is 1300. The van der Waals surface area contributed by atoms with Crippen molar-refractivity contribution in [2.75, 3.05) is 24.0 Å². The highest BCUT2D eigenvalue weighted by atomic mass is 32.2. The number of amidine groups is 1. The predicted octanol–water partition coefficient (Wildman–Crippen LogP) is 5.29. The lowest BCUT2D eigenvalue weighted by molar-refractivity contribution is -0.113. The first-order chi connectivity index (χ1) is 15.9. The van der Waals surface area contributed by atoms with Gasteiger partial charge in [0.25, 0.3) is 5.91 Å². The van der Waals surface area contributed by atoms with E-state index in [2.05, 4.69) is 4.99 Å². The Hall–Kier alpha value is -3.56. The number of thioether (sulfide) groups is 2. The highest BCUT2D eigenvalue weighted by Gasteiger charge is 2.40. The van der Waals surface area contributed by atoms with Crippen molar-refractivity contribution in [2.24, 2.45) is 4.99 Å². The third-order valence-corrected chi connectivity index (χ3v) is 7.59. The zero-order valence-electron chi connectivity index (χ0n) is 17.7. The molecule has 0 aliphatic carbocycles. The Kier molecular flexibility index (Phi) is 5.43. The second-order valence-electron chi connectivity index (χ2n) is 7.30. The molecule has 33 heavy (non-hydrogen) atoms. The number of carbonyl (C=O) groups excluding carboxylic acids is 1. The molecule has 0 bridgehead atoms. The van der Waals surface area contributed by atoms with Gasteiger partial charge >= 0.3 is 0 Å². The summed E-state index contributed by atoms with van der Waals surface area (Å²) < 4.78 is 5.36. The fraction of sp³-hybridized carbons (Fsp3) is 0.0833. The standard InChI is InChI=1S/C24H19N3O4S2/c1-26-19-13-18(31-2)11-12-20(19)32-23(26)21-22(30)27(15-5-9-17(29)10-6-15)24(33-21)25-14-3-7-16(28)8-4-14/h3-13,28-29H,1-2H3. The van der Waals surface area contributed by atoms with Gasteiger partial charge in [-0.15, -0.1) is 0 Å². The van der Waals surface area contributed by atoms with Gasteiger partial charge in [0, 0.05) is 18.0 Å². The minimum Gasteiger partial charge on any atom is -0.508 e. The summed E-state index contributed by atoms with van der Waals surface area (Å²) in [4.78, 5) is 23.5. The van der Waals surface area contributed by atoms with Crippen molar-refractivity contribution >= 4 is 51.7 Å². The number of aromatic hydroxyl groups is 2. The van der Waals surface area contributed by atoms with Crippen LogP contribution < -0.4 is 14.5 Å². The van der Waals surface area contributed by atoms with E-state index >= 15 is 0 Å². The molecule has 0 radical (unpaired) electrons. The van der Waals surface area contributed by atoms with Crippen LogP contribution in [0.15, 0.2) is 86.6 Å². The van der Waals surface area contributed by atoms with E-state index in [1.54, 1.807) is 43.5 Å². The highest BCUT2D eigenvalue weighted by Crippen LogP contribution is 2.51. The quantitative estimate of drug-likeness (QED) is 0.496. The van der Waals surface area contributed by atoms with Crippen molar-refractivity contribution in [3.63, 3.8) is 0 Å². The fourth-order valence-electron chi connectivity index (χ4n) is 3.50. The Labute approximate surface area is 199 Å². The minimum absolute atomic E-state index is 0.115. The first kappa shape index (κ1) is 21.3. The van der Waals surface area contributed by atoms with E-state index in [-0.39, 0.29) is 17.4 Å². The van der Waals surface area contributed by atoms with E-state index in [1.807, 2.05) is 30.1 Å². The van der Waals surface area contributed by atoms with Gasteiger partial charge in [-0.1, -0.05) is 11.8 Å². The Balaban J connectivity index is 1.59. The number of fused-ring (bicyclic) bond motifs is 1. The van der Waals surface area contributed by atoms with Crippen LogP contribution in [0.5, 0.6) is 17.2 Å². The molecule has 1 fully saturated rings. The first-order valence-electron chi connectivity index (χ1n) is 9.97. The van der Waals surface area contributed by atoms with Crippen LogP contribution in [0.1, 0.15) is 0 Å². The molecule has 0 unspecified atom stereocenters. The molecule has 0 saturated carbocycles. The molecule has 2 aliphatic rings. The van der Waals surface area contributed by atoms with Crippen molar-refractivity contribution in [3.8, 4) is 17.2 Å². The van der Waals surface area contributed by atoms with Gasteiger partial charge in [-0.05, 0) is 72.4 Å². The van der Waals surface area contributed by atoms with E-state index in [9.17, 15) is 15.0 Å². The summed E-state index contributed by atoms with van der Waals surface area (Å²) in [7, 11) is 3.55. The topological polar surface area (TPSA) is 85.6 Å². The lowest BCUT2D eigenvalue weighted by Gasteiger charge is -2.17. The van der Waals surface area contributed by atoms with Crippen LogP contribution in [-0.4, -0.2) is 35.4 Å². The Morgan fingerprint density at radius 3 is 2.24 bits per heavy atom. The molecule has 2 aliphatic heterocycles. The molecule has 3 aromatic carbocycles. The van der Waals surface area contributed by atoms with Gasteiger partial charge in [-0.2, -0.15) is 0 Å². The van der Waals surface area contributed by atoms with Crippen LogP contribution in [0.25, 0.3) is 0 Å². The zero-order valence-corrected chi connectivity index (χ0v) is 19.4. The maximum absolute atomic E-state index is 13.7. The summed E-state index contributed by atoms with van der Waals surface area (Å²) in [6.45, 7) is 0. The van der Waals surface area contributed by atoms with Gasteiger partial charge in [-0.3, -0.25) is 9.69 Å². The third kappa shape index (κ3) is 3.90. The van der Waals surface area contributed by atoms with Crippen LogP contribution in [0.3, 0.4) is 0 Å². The Morgan fingerprint density at radius 1 is 0.909 bits per heavy atom. The molecule has 0 aromatic heterocycles. The minimum atomic E-state index is -0.197. The number of phenols is 2. The van der Waals surface area contributed by atoms with E-state index < -0.39 is 0 Å². The number of benzene rings is 3. The van der Waals surface area contributed by atoms with Crippen molar-refractivity contribution in [2.45, 2.75) is 4.90 Å². The van der Waals surface area contributed by atoms with E-state index in [0.717, 1.165) is 21.4 Å². The lowest BCUT2D eigenvalue weighted by Crippen LogP contribution is -2.29. The lowest BCUT2D eigenvalue weighted by atomic mass is 10.2. The van der Waals surface area contributed by atoms with Gasteiger partial charge in [0.05, 0.1) is 29.2 Å². The van der Waals surface area contributed by atoms with E-state index in [0.29, 0.717) is 21.4 Å². The fourth-order valence-corrected chi connectivity index (χ4v) is 5.82. The van der Waals surface area contributed by atoms with Crippen molar-refractivity contribution < 1.29 is 19.7 Å². The number of phenolic OH excluding ortho intramolecular Hbond substituents is 2. The molecule has 1 amide bonds. The average Bonchev–Trinajstić information content (AvgIpc) is 3.31. The van der Waals surface area contributed by atoms with E-state index in [1.165, 1.54) is 40.6 Å². The highest BCUT2D eigenvalue weighted by molar-refractivity contribution is 8.20. The van der Waals surface area contributed by atoms with Gasteiger partial charge in [-0.25, -0.2) is 4.99 Å². The van der Waals surface area contributed by atoms with Crippen LogP contribution in [-0.2, 0) is 4.79 Å². The normalized spacial score (nSPS) is 18.8. The number of hydrogen-bond acceptors (Lipinski definition) is 8. The predicted molar refractivity (Wildman–Crippen MR) is 133 cm³/mol. The van der Waals surface area contributed by atoms with Crippen LogP contribution in [0.2, 0.25) is 0 Å². The number of rotatable bonds is 3. The van der Waals surface area contributed by atoms with Gasteiger partial charge in [0.2, 0.25) is 0 Å².